The number of hydrogen-bond donors (Lipinski definition) is 0. The predicted octanol–water partition coefficient (Wildman–Crippen LogP) is 2.08. The lowest BCUT2D eigenvalue weighted by Gasteiger charge is -2.21. The Labute approximate surface area is 104 Å². The molecule has 0 aliphatic carbocycles. The van der Waals surface area contributed by atoms with Crippen LogP contribution in [0.2, 0.25) is 5.28 Å². The van der Waals surface area contributed by atoms with E-state index in [4.69, 9.17) is 21.6 Å². The second-order valence-corrected chi connectivity index (χ2v) is 4.68. The van der Waals surface area contributed by atoms with Crippen LogP contribution in [-0.4, -0.2) is 21.5 Å². The van der Waals surface area contributed by atoms with Crippen molar-refractivity contribution < 1.29 is 9.53 Å². The largest absolute Gasteiger partial charge is 0.459 e. The molecule has 1 aromatic heterocycles. The van der Waals surface area contributed by atoms with Gasteiger partial charge in [0.15, 0.2) is 5.92 Å². The van der Waals surface area contributed by atoms with Crippen molar-refractivity contribution in [1.29, 1.82) is 5.26 Å². The van der Waals surface area contributed by atoms with Gasteiger partial charge in [-0.3, -0.25) is 4.79 Å². The fourth-order valence-electron chi connectivity index (χ4n) is 1.11. The van der Waals surface area contributed by atoms with E-state index in [0.717, 1.165) is 0 Å². The molecule has 0 saturated heterocycles. The van der Waals surface area contributed by atoms with Gasteiger partial charge in [0.05, 0.1) is 11.8 Å². The molecule has 0 spiro atoms. The maximum atomic E-state index is 11.8. The van der Waals surface area contributed by atoms with Crippen LogP contribution in [0.15, 0.2) is 12.3 Å². The maximum Gasteiger partial charge on any atom is 0.330 e. The van der Waals surface area contributed by atoms with Crippen LogP contribution in [0.4, 0.5) is 0 Å². The summed E-state index contributed by atoms with van der Waals surface area (Å²) in [4.78, 5) is 19.3. The first-order valence-electron chi connectivity index (χ1n) is 4.94. The molecule has 1 aromatic rings. The summed E-state index contributed by atoms with van der Waals surface area (Å²) < 4.78 is 5.12. The molecule has 1 heterocycles. The number of halogens is 1. The lowest BCUT2D eigenvalue weighted by molar-refractivity contribution is -0.155. The quantitative estimate of drug-likeness (QED) is 0.596. The highest BCUT2D eigenvalue weighted by molar-refractivity contribution is 6.28. The minimum absolute atomic E-state index is 0.00805. The first-order chi connectivity index (χ1) is 7.83. The van der Waals surface area contributed by atoms with Gasteiger partial charge in [0.25, 0.3) is 0 Å². The van der Waals surface area contributed by atoms with Gasteiger partial charge in [-0.1, -0.05) is 0 Å². The molecule has 0 radical (unpaired) electrons. The second kappa shape index (κ2) is 5.11. The van der Waals surface area contributed by atoms with Crippen molar-refractivity contribution in [3.05, 3.63) is 23.2 Å². The van der Waals surface area contributed by atoms with E-state index >= 15 is 0 Å². The lowest BCUT2D eigenvalue weighted by Crippen LogP contribution is -2.27. The summed E-state index contributed by atoms with van der Waals surface area (Å²) in [6.07, 6.45) is 1.39. The van der Waals surface area contributed by atoms with Crippen molar-refractivity contribution >= 4 is 17.6 Å². The summed E-state index contributed by atoms with van der Waals surface area (Å²) in [5, 5.41) is 8.98. The van der Waals surface area contributed by atoms with Crippen molar-refractivity contribution in [3.63, 3.8) is 0 Å². The van der Waals surface area contributed by atoms with E-state index in [9.17, 15) is 4.79 Å². The van der Waals surface area contributed by atoms with Crippen molar-refractivity contribution in [3.8, 4) is 6.07 Å². The molecule has 0 N–H and O–H groups in total. The Morgan fingerprint density at radius 2 is 2.24 bits per heavy atom. The molecule has 0 fully saturated rings. The van der Waals surface area contributed by atoms with Crippen molar-refractivity contribution in [2.24, 2.45) is 0 Å². The summed E-state index contributed by atoms with van der Waals surface area (Å²) in [5.74, 6) is -1.73. The molecule has 0 aromatic carbocycles. The number of hydrogen-bond acceptors (Lipinski definition) is 5. The van der Waals surface area contributed by atoms with Crippen LogP contribution in [0.1, 0.15) is 32.4 Å². The zero-order valence-electron chi connectivity index (χ0n) is 9.77. The lowest BCUT2D eigenvalue weighted by atomic mass is 10.1. The number of esters is 1. The second-order valence-electron chi connectivity index (χ2n) is 4.35. The first-order valence-corrected chi connectivity index (χ1v) is 5.32. The minimum atomic E-state index is -1.09. The fraction of sp³-hybridized carbons (Fsp3) is 0.455. The maximum absolute atomic E-state index is 11.8. The van der Waals surface area contributed by atoms with E-state index in [1.54, 1.807) is 20.8 Å². The number of carbonyl (C=O) groups excluding carboxylic acids is 1. The van der Waals surface area contributed by atoms with Crippen LogP contribution in [0.25, 0.3) is 0 Å². The third kappa shape index (κ3) is 4.00. The standard InChI is InChI=1S/C11H12ClN3O2/c1-11(2,3)17-9(16)7(6-13)8-4-5-14-10(12)15-8/h4-5,7H,1-3H3/t7-/m1/s1. The van der Waals surface area contributed by atoms with E-state index < -0.39 is 17.5 Å². The number of carbonyl (C=O) groups is 1. The molecule has 0 unspecified atom stereocenters. The van der Waals surface area contributed by atoms with Gasteiger partial charge in [-0.25, -0.2) is 9.97 Å². The predicted molar refractivity (Wildman–Crippen MR) is 61.2 cm³/mol. The Balaban J connectivity index is 2.94. The monoisotopic (exact) mass is 253 g/mol. The van der Waals surface area contributed by atoms with E-state index in [0.29, 0.717) is 0 Å². The smallest absolute Gasteiger partial charge is 0.330 e. The third-order valence-corrected chi connectivity index (χ3v) is 1.90. The molecule has 0 saturated carbocycles. The van der Waals surface area contributed by atoms with Gasteiger partial charge in [-0.05, 0) is 38.4 Å². The van der Waals surface area contributed by atoms with Crippen LogP contribution >= 0.6 is 11.6 Å². The Morgan fingerprint density at radius 3 is 2.71 bits per heavy atom. The molecule has 17 heavy (non-hydrogen) atoms. The van der Waals surface area contributed by atoms with Gasteiger partial charge in [0.1, 0.15) is 5.60 Å². The van der Waals surface area contributed by atoms with Gasteiger partial charge in [0, 0.05) is 6.20 Å². The summed E-state index contributed by atoms with van der Waals surface area (Å²) in [6.45, 7) is 5.19. The molecule has 90 valence electrons. The average molecular weight is 254 g/mol. The van der Waals surface area contributed by atoms with Crippen molar-refractivity contribution in [2.75, 3.05) is 0 Å². The van der Waals surface area contributed by atoms with Crippen LogP contribution in [-0.2, 0) is 9.53 Å². The van der Waals surface area contributed by atoms with E-state index in [-0.39, 0.29) is 11.0 Å². The highest BCUT2D eigenvalue weighted by Crippen LogP contribution is 2.19. The number of ether oxygens (including phenoxy) is 1. The Morgan fingerprint density at radius 1 is 1.59 bits per heavy atom. The van der Waals surface area contributed by atoms with Gasteiger partial charge in [-0.15, -0.1) is 0 Å². The zero-order valence-corrected chi connectivity index (χ0v) is 10.5. The number of rotatable bonds is 2. The van der Waals surface area contributed by atoms with E-state index in [1.165, 1.54) is 12.3 Å². The SMILES string of the molecule is CC(C)(C)OC(=O)[C@H](C#N)c1ccnc(Cl)n1. The average Bonchev–Trinajstić information content (AvgIpc) is 2.15. The molecule has 0 aliphatic heterocycles. The Kier molecular flexibility index (Phi) is 4.02. The first kappa shape index (κ1) is 13.4. The van der Waals surface area contributed by atoms with Crippen LogP contribution in [0, 0.1) is 11.3 Å². The molecule has 0 bridgehead atoms. The molecule has 1 rings (SSSR count). The minimum Gasteiger partial charge on any atom is -0.459 e. The number of aromatic nitrogens is 2. The zero-order chi connectivity index (χ0) is 13.1. The molecule has 6 heteroatoms. The van der Waals surface area contributed by atoms with Gasteiger partial charge < -0.3 is 4.74 Å². The summed E-state index contributed by atoms with van der Waals surface area (Å²) >= 11 is 5.60. The number of nitrogens with zero attached hydrogens (tertiary/aromatic N) is 3. The molecule has 1 atom stereocenters. The molecule has 5 nitrogen and oxygen atoms in total. The molecule has 0 aliphatic rings. The van der Waals surface area contributed by atoms with Gasteiger partial charge >= 0.3 is 5.97 Å². The van der Waals surface area contributed by atoms with Crippen LogP contribution < -0.4 is 0 Å². The van der Waals surface area contributed by atoms with E-state index in [2.05, 4.69) is 9.97 Å². The fourth-order valence-corrected chi connectivity index (χ4v) is 1.26. The highest BCUT2D eigenvalue weighted by atomic mass is 35.5. The molecule has 0 amide bonds. The van der Waals surface area contributed by atoms with Gasteiger partial charge in [-0.2, -0.15) is 5.26 Å². The van der Waals surface area contributed by atoms with Gasteiger partial charge in [0.2, 0.25) is 5.28 Å². The van der Waals surface area contributed by atoms with Crippen LogP contribution in [0.3, 0.4) is 0 Å². The molecular formula is C11H12ClN3O2. The topological polar surface area (TPSA) is 75.9 Å². The third-order valence-electron chi connectivity index (χ3n) is 1.72. The Hall–Kier alpha value is -1.67. The number of nitriles is 1. The van der Waals surface area contributed by atoms with Crippen LogP contribution in [0.5, 0.6) is 0 Å². The van der Waals surface area contributed by atoms with Crippen molar-refractivity contribution in [1.82, 2.24) is 9.97 Å². The summed E-state index contributed by atoms with van der Waals surface area (Å²) in [6, 6.07) is 3.31. The summed E-state index contributed by atoms with van der Waals surface area (Å²) in [5.41, 5.74) is -0.412. The highest BCUT2D eigenvalue weighted by Gasteiger charge is 2.27. The summed E-state index contributed by atoms with van der Waals surface area (Å²) in [7, 11) is 0. The Bertz CT molecular complexity index is 463. The normalized spacial score (nSPS) is 12.6. The van der Waals surface area contributed by atoms with E-state index in [1.807, 2.05) is 6.07 Å². The molecular weight excluding hydrogens is 242 g/mol. The van der Waals surface area contributed by atoms with Crippen molar-refractivity contribution in [2.45, 2.75) is 32.3 Å².